The van der Waals surface area contributed by atoms with Crippen LogP contribution in [-0.4, -0.2) is 20.9 Å². The van der Waals surface area contributed by atoms with Gasteiger partial charge >= 0.3 is 0 Å². The number of ether oxygens (including phenoxy) is 1. The van der Waals surface area contributed by atoms with E-state index in [2.05, 4.69) is 10.0 Å². The first-order valence-corrected chi connectivity index (χ1v) is 10.1. The Hall–Kier alpha value is -3.10. The van der Waals surface area contributed by atoms with E-state index in [1.807, 2.05) is 30.3 Å². The average Bonchev–Trinajstić information content (AvgIpc) is 3.24. The molecule has 0 aliphatic heterocycles. The van der Waals surface area contributed by atoms with Crippen molar-refractivity contribution in [3.05, 3.63) is 84.3 Å². The van der Waals surface area contributed by atoms with Crippen molar-refractivity contribution in [2.45, 2.75) is 18.0 Å². The van der Waals surface area contributed by atoms with E-state index in [4.69, 9.17) is 9.15 Å². The predicted molar refractivity (Wildman–Crippen MR) is 103 cm³/mol. The average molecular weight is 400 g/mol. The monoisotopic (exact) mass is 400 g/mol. The summed E-state index contributed by atoms with van der Waals surface area (Å²) in [6.07, 6.45) is 1.53. The summed E-state index contributed by atoms with van der Waals surface area (Å²) in [4.78, 5) is 11.9. The number of amides is 1. The van der Waals surface area contributed by atoms with Gasteiger partial charge in [0.1, 0.15) is 11.5 Å². The van der Waals surface area contributed by atoms with Gasteiger partial charge in [0, 0.05) is 6.54 Å². The molecule has 1 amide bonds. The Kier molecular flexibility index (Phi) is 6.46. The van der Waals surface area contributed by atoms with Crippen molar-refractivity contribution < 1.29 is 22.4 Å². The Bertz CT molecular complexity index is 985. The minimum Gasteiger partial charge on any atom is -0.484 e. The number of sulfonamides is 1. The van der Waals surface area contributed by atoms with Gasteiger partial charge in [-0.1, -0.05) is 30.3 Å². The number of hydrogen-bond acceptors (Lipinski definition) is 5. The molecule has 3 aromatic rings. The van der Waals surface area contributed by atoms with Gasteiger partial charge in [-0.15, -0.1) is 0 Å². The third-order valence-corrected chi connectivity index (χ3v) is 5.27. The van der Waals surface area contributed by atoms with Crippen molar-refractivity contribution in [2.75, 3.05) is 6.61 Å². The fourth-order valence-electron chi connectivity index (χ4n) is 2.37. The van der Waals surface area contributed by atoms with Crippen molar-refractivity contribution in [3.63, 3.8) is 0 Å². The Balaban J connectivity index is 1.49. The summed E-state index contributed by atoms with van der Waals surface area (Å²) in [5, 5.41) is 2.66. The van der Waals surface area contributed by atoms with Gasteiger partial charge in [-0.2, -0.15) is 0 Å². The Morgan fingerprint density at radius 3 is 2.36 bits per heavy atom. The zero-order valence-corrected chi connectivity index (χ0v) is 15.8. The normalized spacial score (nSPS) is 11.1. The highest BCUT2D eigenvalue weighted by Gasteiger charge is 2.14. The number of benzene rings is 2. The number of furan rings is 1. The molecule has 0 spiro atoms. The summed E-state index contributed by atoms with van der Waals surface area (Å²) in [7, 11) is -3.64. The maximum atomic E-state index is 12.4. The van der Waals surface area contributed by atoms with Crippen LogP contribution in [0.5, 0.6) is 5.75 Å². The number of hydrogen-bond donors (Lipinski definition) is 2. The molecule has 0 bridgehead atoms. The molecule has 1 heterocycles. The molecule has 8 heteroatoms. The van der Waals surface area contributed by atoms with Crippen LogP contribution in [0.25, 0.3) is 0 Å². The summed E-state index contributed by atoms with van der Waals surface area (Å²) in [6.45, 7) is 0.301. The number of nitrogens with one attached hydrogen (secondary N) is 2. The van der Waals surface area contributed by atoms with E-state index in [0.29, 0.717) is 11.5 Å². The van der Waals surface area contributed by atoms with Crippen LogP contribution in [0, 0.1) is 0 Å². The van der Waals surface area contributed by atoms with Crippen molar-refractivity contribution in [1.82, 2.24) is 10.0 Å². The quantitative estimate of drug-likeness (QED) is 0.575. The summed E-state index contributed by atoms with van der Waals surface area (Å²) >= 11 is 0. The van der Waals surface area contributed by atoms with Gasteiger partial charge in [0.25, 0.3) is 5.91 Å². The molecule has 7 nitrogen and oxygen atoms in total. The highest BCUT2D eigenvalue weighted by Crippen LogP contribution is 2.16. The first-order chi connectivity index (χ1) is 13.5. The summed E-state index contributed by atoms with van der Waals surface area (Å²) < 4.78 is 37.8. The maximum Gasteiger partial charge on any atom is 0.258 e. The van der Waals surface area contributed by atoms with Crippen LogP contribution in [-0.2, 0) is 27.9 Å². The molecule has 2 N–H and O–H groups in total. The lowest BCUT2D eigenvalue weighted by molar-refractivity contribution is -0.123. The van der Waals surface area contributed by atoms with E-state index < -0.39 is 10.0 Å². The molecule has 3 rings (SSSR count). The van der Waals surface area contributed by atoms with Crippen LogP contribution in [0.1, 0.15) is 11.3 Å². The summed E-state index contributed by atoms with van der Waals surface area (Å²) in [6, 6.07) is 18.6. The number of rotatable bonds is 9. The molecular weight excluding hydrogens is 380 g/mol. The van der Waals surface area contributed by atoms with Gasteiger partial charge < -0.3 is 14.5 Å². The van der Waals surface area contributed by atoms with Crippen molar-refractivity contribution >= 4 is 15.9 Å². The fourth-order valence-corrected chi connectivity index (χ4v) is 3.39. The Morgan fingerprint density at radius 2 is 1.68 bits per heavy atom. The first kappa shape index (κ1) is 19.7. The molecule has 28 heavy (non-hydrogen) atoms. The van der Waals surface area contributed by atoms with Gasteiger partial charge in [0.2, 0.25) is 10.0 Å². The summed E-state index contributed by atoms with van der Waals surface area (Å²) in [5.41, 5.74) is 0.867. The smallest absolute Gasteiger partial charge is 0.258 e. The highest BCUT2D eigenvalue weighted by atomic mass is 32.2. The van der Waals surface area contributed by atoms with Gasteiger partial charge in [-0.3, -0.25) is 4.79 Å². The SMILES string of the molecule is O=C(COc1ccc(S(=O)(=O)NCc2ccccc2)cc1)NCc1ccco1. The molecule has 1 aromatic heterocycles. The van der Waals surface area contributed by atoms with Crippen LogP contribution < -0.4 is 14.8 Å². The zero-order chi connectivity index (χ0) is 19.8. The lowest BCUT2D eigenvalue weighted by Gasteiger charge is -2.09. The maximum absolute atomic E-state index is 12.4. The van der Waals surface area contributed by atoms with E-state index in [1.165, 1.54) is 30.5 Å². The van der Waals surface area contributed by atoms with Crippen molar-refractivity contribution in [3.8, 4) is 5.75 Å². The van der Waals surface area contributed by atoms with Gasteiger partial charge in [0.05, 0.1) is 17.7 Å². The standard InChI is InChI=1S/C20H20N2O5S/c23-20(21-14-18-7-4-12-26-18)15-27-17-8-10-19(11-9-17)28(24,25)22-13-16-5-2-1-3-6-16/h1-12,22H,13-15H2,(H,21,23). The van der Waals surface area contributed by atoms with Crippen LogP contribution in [0.2, 0.25) is 0 Å². The highest BCUT2D eigenvalue weighted by molar-refractivity contribution is 7.89. The van der Waals surface area contributed by atoms with Crippen LogP contribution >= 0.6 is 0 Å². The second-order valence-electron chi connectivity index (χ2n) is 5.93. The predicted octanol–water partition coefficient (Wildman–Crippen LogP) is 2.45. The Morgan fingerprint density at radius 1 is 0.929 bits per heavy atom. The number of carbonyl (C=O) groups excluding carboxylic acids is 1. The van der Waals surface area contributed by atoms with E-state index >= 15 is 0 Å². The van der Waals surface area contributed by atoms with Crippen LogP contribution in [0.15, 0.2) is 82.3 Å². The van der Waals surface area contributed by atoms with Crippen LogP contribution in [0.4, 0.5) is 0 Å². The van der Waals surface area contributed by atoms with E-state index in [9.17, 15) is 13.2 Å². The van der Waals surface area contributed by atoms with Crippen LogP contribution in [0.3, 0.4) is 0 Å². The molecule has 0 saturated heterocycles. The second-order valence-corrected chi connectivity index (χ2v) is 7.69. The van der Waals surface area contributed by atoms with Crippen molar-refractivity contribution in [1.29, 1.82) is 0 Å². The Labute approximate surface area is 163 Å². The molecule has 146 valence electrons. The molecule has 0 atom stereocenters. The van der Waals surface area contributed by atoms with Gasteiger partial charge in [-0.05, 0) is 42.0 Å². The topological polar surface area (TPSA) is 97.6 Å². The molecule has 0 aliphatic carbocycles. The molecule has 0 radical (unpaired) electrons. The molecule has 0 aliphatic rings. The van der Waals surface area contributed by atoms with Crippen molar-refractivity contribution in [2.24, 2.45) is 0 Å². The largest absolute Gasteiger partial charge is 0.484 e. The molecule has 0 unspecified atom stereocenters. The van der Waals surface area contributed by atoms with E-state index in [-0.39, 0.29) is 30.5 Å². The minimum atomic E-state index is -3.64. The lowest BCUT2D eigenvalue weighted by atomic mass is 10.2. The van der Waals surface area contributed by atoms with E-state index in [0.717, 1.165) is 5.56 Å². The zero-order valence-electron chi connectivity index (χ0n) is 15.0. The third-order valence-electron chi connectivity index (χ3n) is 3.85. The second kappa shape index (κ2) is 9.20. The lowest BCUT2D eigenvalue weighted by Crippen LogP contribution is -2.28. The minimum absolute atomic E-state index is 0.123. The fraction of sp³-hybridized carbons (Fsp3) is 0.150. The third kappa shape index (κ3) is 5.70. The van der Waals surface area contributed by atoms with Gasteiger partial charge in [0.15, 0.2) is 6.61 Å². The van der Waals surface area contributed by atoms with E-state index in [1.54, 1.807) is 12.1 Å². The van der Waals surface area contributed by atoms with Gasteiger partial charge in [-0.25, -0.2) is 13.1 Å². The molecule has 0 saturated carbocycles. The first-order valence-electron chi connectivity index (χ1n) is 8.58. The molecule has 2 aromatic carbocycles. The number of carbonyl (C=O) groups is 1. The molecular formula is C20H20N2O5S. The molecule has 0 fully saturated rings. The summed E-state index contributed by atoms with van der Waals surface area (Å²) in [5.74, 6) is 0.735.